The van der Waals surface area contributed by atoms with Gasteiger partial charge >= 0.3 is 12.4 Å². The topological polar surface area (TPSA) is 29.5 Å². The van der Waals surface area contributed by atoms with Gasteiger partial charge in [0.15, 0.2) is 5.92 Å². The molecule has 0 aliphatic rings. The molecule has 0 aliphatic heterocycles. The van der Waals surface area contributed by atoms with Crippen LogP contribution in [0.1, 0.15) is 13.8 Å². The lowest BCUT2D eigenvalue weighted by molar-refractivity contribution is -0.310. The highest BCUT2D eigenvalue weighted by atomic mass is 19.4. The van der Waals surface area contributed by atoms with Crippen molar-refractivity contribution in [2.24, 2.45) is 5.92 Å². The first kappa shape index (κ1) is 15.5. The fourth-order valence-electron chi connectivity index (χ4n) is 1.01. The molecule has 1 N–H and O–H groups in total. The summed E-state index contributed by atoms with van der Waals surface area (Å²) in [5, 5.41) is 8.86. The van der Waals surface area contributed by atoms with E-state index in [1.165, 1.54) is 13.8 Å². The number of halogens is 6. The van der Waals surface area contributed by atoms with Gasteiger partial charge in [0.1, 0.15) is 0 Å². The molecule has 0 aromatic carbocycles. The van der Waals surface area contributed by atoms with Crippen molar-refractivity contribution in [1.29, 1.82) is 0 Å². The summed E-state index contributed by atoms with van der Waals surface area (Å²) < 4.78 is 76.9. The maximum Gasteiger partial charge on any atom is 0.403 e. The Hall–Kier alpha value is -0.500. The number of rotatable bonds is 4. The van der Waals surface area contributed by atoms with Gasteiger partial charge in [-0.2, -0.15) is 26.3 Å². The number of hydrogen-bond donors (Lipinski definition) is 1. The average Bonchev–Trinajstić information content (AvgIpc) is 1.94. The zero-order valence-electron chi connectivity index (χ0n) is 8.56. The fourth-order valence-corrected chi connectivity index (χ4v) is 1.01. The fraction of sp³-hybridized carbons (Fsp3) is 1.00. The molecule has 0 aromatic heterocycles. The second kappa shape index (κ2) is 5.22. The van der Waals surface area contributed by atoms with E-state index in [4.69, 9.17) is 5.11 Å². The minimum Gasteiger partial charge on any atom is -0.390 e. The molecule has 0 spiro atoms. The van der Waals surface area contributed by atoms with Crippen LogP contribution in [0, 0.1) is 5.92 Å². The summed E-state index contributed by atoms with van der Waals surface area (Å²) in [6, 6.07) is 0. The number of aliphatic hydroxyl groups is 1. The van der Waals surface area contributed by atoms with Crippen LogP contribution in [0.5, 0.6) is 0 Å². The van der Waals surface area contributed by atoms with Gasteiger partial charge in [-0.25, -0.2) is 0 Å². The van der Waals surface area contributed by atoms with Crippen LogP contribution < -0.4 is 0 Å². The molecule has 0 radical (unpaired) electrons. The van der Waals surface area contributed by atoms with E-state index in [1.54, 1.807) is 0 Å². The molecule has 2 nitrogen and oxygen atoms in total. The van der Waals surface area contributed by atoms with Crippen LogP contribution in [0.3, 0.4) is 0 Å². The Balaban J connectivity index is 4.66. The quantitative estimate of drug-likeness (QED) is 0.781. The molecule has 0 bridgehead atoms. The molecule has 0 aliphatic carbocycles. The highest BCUT2D eigenvalue weighted by molar-refractivity contribution is 4.82. The van der Waals surface area contributed by atoms with E-state index in [2.05, 4.69) is 4.74 Å². The highest BCUT2D eigenvalue weighted by Crippen LogP contribution is 2.41. The number of hydrogen-bond acceptors (Lipinski definition) is 2. The minimum absolute atomic E-state index is 0.559. The van der Waals surface area contributed by atoms with Crippen molar-refractivity contribution in [3.05, 3.63) is 0 Å². The minimum atomic E-state index is -5.54. The van der Waals surface area contributed by atoms with Crippen molar-refractivity contribution in [2.45, 2.75) is 38.4 Å². The zero-order valence-corrected chi connectivity index (χ0v) is 8.56. The van der Waals surface area contributed by atoms with Crippen LogP contribution in [0.15, 0.2) is 0 Å². The van der Waals surface area contributed by atoms with Crippen LogP contribution in [0.4, 0.5) is 26.3 Å². The molecule has 0 saturated carbocycles. The molecule has 0 saturated heterocycles. The molecule has 16 heavy (non-hydrogen) atoms. The summed E-state index contributed by atoms with van der Waals surface area (Å²) in [5.41, 5.74) is 0. The lowest BCUT2D eigenvalue weighted by Gasteiger charge is -2.27. The standard InChI is InChI=1S/C8H12F6O2/c1-4(2)16-3-5(15)6(7(9,10)11)8(12,13)14/h4-6,15H,3H2,1-2H3. The molecule has 0 rings (SSSR count). The normalized spacial score (nSPS) is 15.9. The van der Waals surface area contributed by atoms with Crippen molar-refractivity contribution in [3.63, 3.8) is 0 Å². The molecule has 8 heteroatoms. The van der Waals surface area contributed by atoms with Gasteiger partial charge in [-0.05, 0) is 13.8 Å². The Morgan fingerprint density at radius 1 is 1.00 bits per heavy atom. The number of ether oxygens (including phenoxy) is 1. The maximum absolute atomic E-state index is 12.1. The summed E-state index contributed by atoms with van der Waals surface area (Å²) in [6.07, 6.45) is -14.3. The van der Waals surface area contributed by atoms with E-state index in [-0.39, 0.29) is 0 Å². The van der Waals surface area contributed by atoms with Crippen molar-refractivity contribution < 1.29 is 36.2 Å². The lowest BCUT2D eigenvalue weighted by atomic mass is 10.0. The SMILES string of the molecule is CC(C)OCC(O)C(C(F)(F)F)C(F)(F)F. The smallest absolute Gasteiger partial charge is 0.390 e. The summed E-state index contributed by atoms with van der Waals surface area (Å²) in [7, 11) is 0. The predicted molar refractivity (Wildman–Crippen MR) is 42.7 cm³/mol. The first-order valence-corrected chi connectivity index (χ1v) is 4.39. The third kappa shape index (κ3) is 5.02. The molecule has 0 amide bonds. The molecule has 0 fully saturated rings. The monoisotopic (exact) mass is 254 g/mol. The van der Waals surface area contributed by atoms with E-state index >= 15 is 0 Å². The van der Waals surface area contributed by atoms with Crippen LogP contribution in [-0.2, 0) is 4.74 Å². The van der Waals surface area contributed by atoms with Gasteiger partial charge in [-0.1, -0.05) is 0 Å². The third-order valence-electron chi connectivity index (χ3n) is 1.69. The molecular formula is C8H12F6O2. The van der Waals surface area contributed by atoms with Crippen molar-refractivity contribution in [1.82, 2.24) is 0 Å². The van der Waals surface area contributed by atoms with E-state index in [1.807, 2.05) is 0 Å². The first-order valence-electron chi connectivity index (χ1n) is 4.39. The first-order chi connectivity index (χ1) is 6.96. The van der Waals surface area contributed by atoms with Gasteiger partial charge in [0.2, 0.25) is 0 Å². The van der Waals surface area contributed by atoms with Crippen LogP contribution in [0.25, 0.3) is 0 Å². The van der Waals surface area contributed by atoms with Crippen molar-refractivity contribution in [3.8, 4) is 0 Å². The molecule has 1 atom stereocenters. The van der Waals surface area contributed by atoms with Crippen molar-refractivity contribution in [2.75, 3.05) is 6.61 Å². The second-order valence-corrected chi connectivity index (χ2v) is 3.51. The van der Waals surface area contributed by atoms with Gasteiger partial charge in [0.05, 0.1) is 18.8 Å². The summed E-state index contributed by atoms with van der Waals surface area (Å²) in [6.45, 7) is 1.85. The van der Waals surface area contributed by atoms with Gasteiger partial charge in [0.25, 0.3) is 0 Å². The Morgan fingerprint density at radius 2 is 1.38 bits per heavy atom. The van der Waals surface area contributed by atoms with Gasteiger partial charge in [-0.3, -0.25) is 0 Å². The summed E-state index contributed by atoms with van der Waals surface area (Å²) in [4.78, 5) is 0. The van der Waals surface area contributed by atoms with E-state index < -0.39 is 37.1 Å². The zero-order chi connectivity index (χ0) is 13.1. The maximum atomic E-state index is 12.1. The Bertz CT molecular complexity index is 196. The Labute approximate surface area is 88.2 Å². The van der Waals surface area contributed by atoms with Crippen LogP contribution >= 0.6 is 0 Å². The summed E-state index contributed by atoms with van der Waals surface area (Å²) >= 11 is 0. The summed E-state index contributed by atoms with van der Waals surface area (Å²) in [5.74, 6) is -3.78. The van der Waals surface area contributed by atoms with E-state index in [0.29, 0.717) is 0 Å². The van der Waals surface area contributed by atoms with Crippen molar-refractivity contribution >= 4 is 0 Å². The van der Waals surface area contributed by atoms with Gasteiger partial charge in [-0.15, -0.1) is 0 Å². The van der Waals surface area contributed by atoms with Crippen LogP contribution in [-0.4, -0.2) is 36.3 Å². The molecular weight excluding hydrogens is 242 g/mol. The number of alkyl halides is 6. The van der Waals surface area contributed by atoms with E-state index in [9.17, 15) is 26.3 Å². The molecule has 1 unspecified atom stereocenters. The molecule has 0 aromatic rings. The van der Waals surface area contributed by atoms with Gasteiger partial charge < -0.3 is 9.84 Å². The third-order valence-corrected chi connectivity index (χ3v) is 1.69. The Kier molecular flexibility index (Phi) is 5.06. The van der Waals surface area contributed by atoms with Crippen LogP contribution in [0.2, 0.25) is 0 Å². The number of aliphatic hydroxyl groups excluding tert-OH is 1. The largest absolute Gasteiger partial charge is 0.403 e. The highest BCUT2D eigenvalue weighted by Gasteiger charge is 2.60. The average molecular weight is 254 g/mol. The molecule has 0 heterocycles. The molecule has 98 valence electrons. The Morgan fingerprint density at radius 3 is 1.62 bits per heavy atom. The van der Waals surface area contributed by atoms with E-state index in [0.717, 1.165) is 0 Å². The lowest BCUT2D eigenvalue weighted by Crippen LogP contribution is -2.46. The predicted octanol–water partition coefficient (Wildman–Crippen LogP) is 2.51. The second-order valence-electron chi connectivity index (χ2n) is 3.51. The van der Waals surface area contributed by atoms with Gasteiger partial charge in [0, 0.05) is 0 Å².